The molecule has 0 radical (unpaired) electrons. The lowest BCUT2D eigenvalue weighted by Gasteiger charge is -2.37. The number of likely N-dealkylation sites (tertiary alicyclic amines) is 1. The summed E-state index contributed by atoms with van der Waals surface area (Å²) >= 11 is 0. The van der Waals surface area contributed by atoms with E-state index in [1.807, 2.05) is 56.9 Å². The quantitative estimate of drug-likeness (QED) is 0.592. The summed E-state index contributed by atoms with van der Waals surface area (Å²) in [6.07, 6.45) is 3.67. The van der Waals surface area contributed by atoms with Crippen molar-refractivity contribution in [3.05, 3.63) is 77.1 Å². The van der Waals surface area contributed by atoms with Gasteiger partial charge < -0.3 is 10.2 Å². The molecule has 2 aromatic heterocycles. The molecule has 1 atom stereocenters. The molecule has 3 aromatic rings. The van der Waals surface area contributed by atoms with Crippen LogP contribution in [0.2, 0.25) is 0 Å². The number of halogens is 1. The standard InChI is InChI=1S/C26H30FN5O/c1-17-13-18(2)30-25(29-17)31-22-10-11-23(28-15-22)19-7-6-12-32(16-19)24(33)26(3,4)20-8-5-9-21(27)14-20/h5,8-11,13-15,19H,6-7,12,16H2,1-4H3,(H,29,30,31)/t19-/m0/s1. The fourth-order valence-electron chi connectivity index (χ4n) is 4.43. The molecule has 1 aromatic carbocycles. The van der Waals surface area contributed by atoms with Crippen LogP contribution in [0.1, 0.15) is 55.3 Å². The van der Waals surface area contributed by atoms with Gasteiger partial charge in [-0.1, -0.05) is 12.1 Å². The molecule has 1 aliphatic rings. The highest BCUT2D eigenvalue weighted by molar-refractivity contribution is 5.87. The van der Waals surface area contributed by atoms with Crippen molar-refractivity contribution in [2.75, 3.05) is 18.4 Å². The van der Waals surface area contributed by atoms with E-state index in [2.05, 4.69) is 20.3 Å². The van der Waals surface area contributed by atoms with Gasteiger partial charge in [0.05, 0.1) is 17.3 Å². The summed E-state index contributed by atoms with van der Waals surface area (Å²) in [5, 5.41) is 3.21. The number of rotatable bonds is 5. The molecule has 7 heteroatoms. The number of pyridine rings is 1. The van der Waals surface area contributed by atoms with Crippen molar-refractivity contribution in [3.8, 4) is 0 Å². The van der Waals surface area contributed by atoms with Crippen molar-refractivity contribution in [2.24, 2.45) is 0 Å². The zero-order valence-electron chi connectivity index (χ0n) is 19.6. The molecule has 4 rings (SSSR count). The molecule has 1 aliphatic heterocycles. The van der Waals surface area contributed by atoms with Crippen LogP contribution in [-0.2, 0) is 10.2 Å². The first kappa shape index (κ1) is 22.8. The minimum Gasteiger partial charge on any atom is -0.341 e. The van der Waals surface area contributed by atoms with Gasteiger partial charge in [0.1, 0.15) is 5.82 Å². The van der Waals surface area contributed by atoms with Crippen LogP contribution in [0.3, 0.4) is 0 Å². The van der Waals surface area contributed by atoms with Crippen molar-refractivity contribution in [3.63, 3.8) is 0 Å². The molecule has 0 bridgehead atoms. The summed E-state index contributed by atoms with van der Waals surface area (Å²) in [5.74, 6) is 0.408. The van der Waals surface area contributed by atoms with E-state index in [4.69, 9.17) is 0 Å². The van der Waals surface area contributed by atoms with E-state index in [1.165, 1.54) is 12.1 Å². The van der Waals surface area contributed by atoms with Gasteiger partial charge in [-0.05, 0) is 76.4 Å². The maximum Gasteiger partial charge on any atom is 0.232 e. The normalized spacial score (nSPS) is 16.5. The Morgan fingerprint density at radius 2 is 1.88 bits per heavy atom. The predicted octanol–water partition coefficient (Wildman–Crippen LogP) is 5.05. The molecule has 1 saturated heterocycles. The molecule has 33 heavy (non-hydrogen) atoms. The largest absolute Gasteiger partial charge is 0.341 e. The van der Waals surface area contributed by atoms with Crippen LogP contribution in [0.5, 0.6) is 0 Å². The molecule has 0 saturated carbocycles. The van der Waals surface area contributed by atoms with Crippen molar-refractivity contribution >= 4 is 17.5 Å². The summed E-state index contributed by atoms with van der Waals surface area (Å²) in [4.78, 5) is 28.8. The topological polar surface area (TPSA) is 71.0 Å². The van der Waals surface area contributed by atoms with E-state index >= 15 is 0 Å². The van der Waals surface area contributed by atoms with E-state index < -0.39 is 5.41 Å². The highest BCUT2D eigenvalue weighted by Crippen LogP contribution is 2.32. The molecule has 0 spiro atoms. The Morgan fingerprint density at radius 3 is 2.55 bits per heavy atom. The second-order valence-corrected chi connectivity index (χ2v) is 9.30. The van der Waals surface area contributed by atoms with E-state index in [0.717, 1.165) is 35.6 Å². The fourth-order valence-corrected chi connectivity index (χ4v) is 4.43. The Kier molecular flexibility index (Phi) is 6.40. The first-order valence-electron chi connectivity index (χ1n) is 11.3. The molecule has 172 valence electrons. The Hall–Kier alpha value is -3.35. The van der Waals surface area contributed by atoms with Crippen LogP contribution in [0.25, 0.3) is 0 Å². The van der Waals surface area contributed by atoms with Crippen molar-refractivity contribution < 1.29 is 9.18 Å². The Balaban J connectivity index is 1.45. The maximum atomic E-state index is 13.8. The van der Waals surface area contributed by atoms with E-state index in [1.54, 1.807) is 12.3 Å². The van der Waals surface area contributed by atoms with E-state index in [9.17, 15) is 9.18 Å². The average molecular weight is 448 g/mol. The van der Waals surface area contributed by atoms with Gasteiger partial charge in [0.15, 0.2) is 0 Å². The van der Waals surface area contributed by atoms with Gasteiger partial charge in [-0.25, -0.2) is 14.4 Å². The van der Waals surface area contributed by atoms with Gasteiger partial charge >= 0.3 is 0 Å². The van der Waals surface area contributed by atoms with Crippen molar-refractivity contribution in [1.82, 2.24) is 19.9 Å². The third-order valence-electron chi connectivity index (χ3n) is 6.23. The van der Waals surface area contributed by atoms with Gasteiger partial charge in [-0.15, -0.1) is 0 Å². The van der Waals surface area contributed by atoms with E-state index in [-0.39, 0.29) is 17.6 Å². The molecule has 0 unspecified atom stereocenters. The number of benzene rings is 1. The molecule has 0 aliphatic carbocycles. The molecule has 6 nitrogen and oxygen atoms in total. The summed E-state index contributed by atoms with van der Waals surface area (Å²) in [5.41, 5.74) is 3.49. The number of amides is 1. The molecule has 1 fully saturated rings. The smallest absolute Gasteiger partial charge is 0.232 e. The molecule has 1 N–H and O–H groups in total. The molecular weight excluding hydrogens is 417 g/mol. The Labute approximate surface area is 194 Å². The second-order valence-electron chi connectivity index (χ2n) is 9.30. The lowest BCUT2D eigenvalue weighted by Crippen LogP contribution is -2.47. The van der Waals surface area contributed by atoms with Gasteiger partial charge in [-0.3, -0.25) is 9.78 Å². The zero-order valence-corrected chi connectivity index (χ0v) is 19.6. The van der Waals surface area contributed by atoms with Crippen LogP contribution in [0.4, 0.5) is 16.0 Å². The molecule has 3 heterocycles. The Morgan fingerprint density at radius 1 is 1.12 bits per heavy atom. The molecular formula is C26H30FN5O. The number of anilines is 2. The molecule has 1 amide bonds. The number of piperidine rings is 1. The van der Waals surface area contributed by atoms with Crippen molar-refractivity contribution in [1.29, 1.82) is 0 Å². The van der Waals surface area contributed by atoms with Gasteiger partial charge in [-0.2, -0.15) is 0 Å². The average Bonchev–Trinajstić information content (AvgIpc) is 2.78. The number of hydrogen-bond acceptors (Lipinski definition) is 5. The number of hydrogen-bond donors (Lipinski definition) is 1. The number of carbonyl (C=O) groups excluding carboxylic acids is 1. The highest BCUT2D eigenvalue weighted by Gasteiger charge is 2.36. The number of aromatic nitrogens is 3. The first-order chi connectivity index (χ1) is 15.7. The van der Waals surface area contributed by atoms with E-state index in [0.29, 0.717) is 24.6 Å². The third kappa shape index (κ3) is 5.18. The minimum atomic E-state index is -0.795. The monoisotopic (exact) mass is 447 g/mol. The SMILES string of the molecule is Cc1cc(C)nc(Nc2ccc([C@H]3CCCN(C(=O)C(C)(C)c4cccc(F)c4)C3)nc2)n1. The lowest BCUT2D eigenvalue weighted by molar-refractivity contribution is -0.137. The highest BCUT2D eigenvalue weighted by atomic mass is 19.1. The predicted molar refractivity (Wildman–Crippen MR) is 127 cm³/mol. The number of aryl methyl sites for hydroxylation is 2. The van der Waals surface area contributed by atoms with Crippen molar-refractivity contribution in [2.45, 2.75) is 51.9 Å². The fraction of sp³-hybridized carbons (Fsp3) is 0.385. The summed E-state index contributed by atoms with van der Waals surface area (Å²) < 4.78 is 13.8. The second kappa shape index (κ2) is 9.25. The van der Waals surface area contributed by atoms with Gasteiger partial charge in [0, 0.05) is 36.1 Å². The van der Waals surface area contributed by atoms with Crippen LogP contribution < -0.4 is 5.32 Å². The summed E-state index contributed by atoms with van der Waals surface area (Å²) in [7, 11) is 0. The number of nitrogens with one attached hydrogen (secondary N) is 1. The summed E-state index contributed by atoms with van der Waals surface area (Å²) in [6, 6.07) is 12.2. The van der Waals surface area contributed by atoms with Crippen LogP contribution in [0, 0.1) is 19.7 Å². The Bertz CT molecular complexity index is 1130. The van der Waals surface area contributed by atoms with Crippen LogP contribution in [-0.4, -0.2) is 38.8 Å². The third-order valence-corrected chi connectivity index (χ3v) is 6.23. The maximum absolute atomic E-state index is 13.8. The number of nitrogens with zero attached hydrogens (tertiary/aromatic N) is 4. The summed E-state index contributed by atoms with van der Waals surface area (Å²) in [6.45, 7) is 8.91. The van der Waals surface area contributed by atoms with Gasteiger partial charge in [0.25, 0.3) is 0 Å². The number of carbonyl (C=O) groups is 1. The van der Waals surface area contributed by atoms with Crippen LogP contribution in [0.15, 0.2) is 48.7 Å². The lowest BCUT2D eigenvalue weighted by atomic mass is 9.82. The van der Waals surface area contributed by atoms with Crippen LogP contribution >= 0.6 is 0 Å². The zero-order chi connectivity index (χ0) is 23.6. The minimum absolute atomic E-state index is 0.0167. The van der Waals surface area contributed by atoms with Gasteiger partial charge in [0.2, 0.25) is 11.9 Å². The first-order valence-corrected chi connectivity index (χ1v) is 11.3.